The second-order valence-corrected chi connectivity index (χ2v) is 10.1. The monoisotopic (exact) mass is 583 g/mol. The fourth-order valence-electron chi connectivity index (χ4n) is 4.64. The van der Waals surface area contributed by atoms with Crippen molar-refractivity contribution in [3.63, 3.8) is 0 Å². The van der Waals surface area contributed by atoms with Gasteiger partial charge in [-0.2, -0.15) is 26.3 Å². The van der Waals surface area contributed by atoms with Crippen LogP contribution in [-0.4, -0.2) is 49.6 Å². The lowest BCUT2D eigenvalue weighted by atomic mass is 9.95. The Balaban J connectivity index is 1.73. The van der Waals surface area contributed by atoms with Crippen LogP contribution in [0, 0.1) is 0 Å². The Kier molecular flexibility index (Phi) is 10.4. The maximum absolute atomic E-state index is 13.2. The molecule has 1 fully saturated rings. The molecule has 2 aromatic rings. The summed E-state index contributed by atoms with van der Waals surface area (Å²) in [6.07, 6.45) is -7.31. The Morgan fingerprint density at radius 1 is 1.03 bits per heavy atom. The first-order valence-electron chi connectivity index (χ1n) is 12.3. The number of alkyl halides is 6. The van der Waals surface area contributed by atoms with E-state index in [9.17, 15) is 31.1 Å². The van der Waals surface area contributed by atoms with Gasteiger partial charge < -0.3 is 10.6 Å². The standard InChI is InChI=1S/C26H29Cl2F6N3O/c1-2-37-9-3-4-21(37)15-35-8-7-17(16-5-6-22(27)23(28)12-16)14-36-24(38)18-10-19(25(29,30)31)13-20(11-18)26(32,33)34/h5-6,10-13,17,21,35H,2-4,7-9,14-15H2,1H3,(H,36,38). The molecule has 1 aliphatic rings. The molecule has 1 heterocycles. The summed E-state index contributed by atoms with van der Waals surface area (Å²) in [5.41, 5.74) is -3.08. The summed E-state index contributed by atoms with van der Waals surface area (Å²) in [6, 6.07) is 6.23. The van der Waals surface area contributed by atoms with Gasteiger partial charge in [0.05, 0.1) is 21.2 Å². The van der Waals surface area contributed by atoms with Gasteiger partial charge in [-0.1, -0.05) is 36.2 Å². The van der Waals surface area contributed by atoms with Crippen molar-refractivity contribution in [3.8, 4) is 0 Å². The third-order valence-corrected chi connectivity index (χ3v) is 7.47. The number of halogens is 8. The second-order valence-electron chi connectivity index (χ2n) is 9.29. The average molecular weight is 584 g/mol. The van der Waals surface area contributed by atoms with E-state index in [4.69, 9.17) is 23.2 Å². The highest BCUT2D eigenvalue weighted by molar-refractivity contribution is 6.42. The average Bonchev–Trinajstić information content (AvgIpc) is 3.31. The lowest BCUT2D eigenvalue weighted by Gasteiger charge is -2.24. The fraction of sp³-hybridized carbons (Fsp3) is 0.500. The summed E-state index contributed by atoms with van der Waals surface area (Å²) >= 11 is 12.2. The molecule has 2 N–H and O–H groups in total. The predicted octanol–water partition coefficient (Wildman–Crippen LogP) is 7.01. The number of carbonyl (C=O) groups is 1. The number of rotatable bonds is 10. The van der Waals surface area contributed by atoms with Crippen molar-refractivity contribution in [2.75, 3.05) is 32.7 Å². The van der Waals surface area contributed by atoms with Crippen molar-refractivity contribution in [2.24, 2.45) is 0 Å². The normalized spacial score (nSPS) is 17.6. The zero-order valence-electron chi connectivity index (χ0n) is 20.7. The first-order valence-corrected chi connectivity index (χ1v) is 13.0. The molecule has 1 amide bonds. The number of hydrogen-bond acceptors (Lipinski definition) is 3. The zero-order valence-corrected chi connectivity index (χ0v) is 22.2. The Morgan fingerprint density at radius 3 is 2.26 bits per heavy atom. The number of likely N-dealkylation sites (tertiary alicyclic amines) is 1. The lowest BCUT2D eigenvalue weighted by Crippen LogP contribution is -2.38. The summed E-state index contributed by atoms with van der Waals surface area (Å²) in [4.78, 5) is 15.1. The van der Waals surface area contributed by atoms with E-state index in [0.29, 0.717) is 41.2 Å². The second kappa shape index (κ2) is 12.9. The van der Waals surface area contributed by atoms with Crippen LogP contribution < -0.4 is 10.6 Å². The fourth-order valence-corrected chi connectivity index (χ4v) is 4.95. The SMILES string of the molecule is CCN1CCCC1CNCCC(CNC(=O)c1cc(C(F)(F)F)cc(C(F)(F)F)c1)c1ccc(Cl)c(Cl)c1. The molecule has 2 unspecified atom stereocenters. The van der Waals surface area contributed by atoms with Crippen LogP contribution in [0.1, 0.15) is 59.2 Å². The molecular weight excluding hydrogens is 555 g/mol. The molecule has 0 aromatic heterocycles. The van der Waals surface area contributed by atoms with Crippen LogP contribution in [0.25, 0.3) is 0 Å². The summed E-state index contributed by atoms with van der Waals surface area (Å²) < 4.78 is 79.2. The highest BCUT2D eigenvalue weighted by atomic mass is 35.5. The third kappa shape index (κ3) is 8.24. The van der Waals surface area contributed by atoms with E-state index in [2.05, 4.69) is 22.5 Å². The molecule has 3 rings (SSSR count). The molecule has 38 heavy (non-hydrogen) atoms. The summed E-state index contributed by atoms with van der Waals surface area (Å²) in [7, 11) is 0. The number of likely N-dealkylation sites (N-methyl/N-ethyl adjacent to an activating group) is 1. The number of nitrogens with zero attached hydrogens (tertiary/aromatic N) is 1. The van der Waals surface area contributed by atoms with Gasteiger partial charge in [0.2, 0.25) is 0 Å². The predicted molar refractivity (Wildman–Crippen MR) is 136 cm³/mol. The van der Waals surface area contributed by atoms with E-state index in [1.165, 1.54) is 0 Å². The van der Waals surface area contributed by atoms with Gasteiger partial charge in [-0.25, -0.2) is 0 Å². The minimum absolute atomic E-state index is 0.00895. The zero-order chi connectivity index (χ0) is 28.1. The third-order valence-electron chi connectivity index (χ3n) is 6.73. The van der Waals surface area contributed by atoms with Crippen LogP contribution in [0.2, 0.25) is 10.0 Å². The Bertz CT molecular complexity index is 1080. The van der Waals surface area contributed by atoms with Gasteiger partial charge in [0.15, 0.2) is 0 Å². The van der Waals surface area contributed by atoms with Crippen molar-refractivity contribution >= 4 is 29.1 Å². The Labute approximate surface area is 227 Å². The smallest absolute Gasteiger partial charge is 0.351 e. The van der Waals surface area contributed by atoms with E-state index < -0.39 is 35.0 Å². The molecule has 0 spiro atoms. The van der Waals surface area contributed by atoms with Crippen LogP contribution in [0.3, 0.4) is 0 Å². The Morgan fingerprint density at radius 2 is 1.68 bits per heavy atom. The van der Waals surface area contributed by atoms with Gasteiger partial charge in [0.1, 0.15) is 0 Å². The number of carbonyl (C=O) groups excluding carboxylic acids is 1. The largest absolute Gasteiger partial charge is 0.416 e. The molecular formula is C26H29Cl2F6N3O. The van der Waals surface area contributed by atoms with Gasteiger partial charge in [0.25, 0.3) is 5.91 Å². The molecule has 1 saturated heterocycles. The molecule has 1 aliphatic heterocycles. The minimum Gasteiger partial charge on any atom is -0.351 e. The molecule has 2 aromatic carbocycles. The molecule has 12 heteroatoms. The van der Waals surface area contributed by atoms with Gasteiger partial charge in [-0.05, 0) is 74.8 Å². The number of nitrogens with one attached hydrogen (secondary N) is 2. The lowest BCUT2D eigenvalue weighted by molar-refractivity contribution is -0.143. The topological polar surface area (TPSA) is 44.4 Å². The molecule has 2 atom stereocenters. The van der Waals surface area contributed by atoms with Crippen molar-refractivity contribution in [1.82, 2.24) is 15.5 Å². The number of benzene rings is 2. The first kappa shape index (κ1) is 30.5. The summed E-state index contributed by atoms with van der Waals surface area (Å²) in [5.74, 6) is -1.36. The summed E-state index contributed by atoms with van der Waals surface area (Å²) in [6.45, 7) is 5.49. The van der Waals surface area contributed by atoms with Crippen molar-refractivity contribution in [2.45, 2.75) is 50.5 Å². The van der Waals surface area contributed by atoms with Gasteiger partial charge in [-0.3, -0.25) is 9.69 Å². The maximum atomic E-state index is 13.2. The molecule has 0 saturated carbocycles. The van der Waals surface area contributed by atoms with Crippen molar-refractivity contribution in [1.29, 1.82) is 0 Å². The van der Waals surface area contributed by atoms with E-state index in [1.807, 2.05) is 0 Å². The molecule has 0 bridgehead atoms. The van der Waals surface area contributed by atoms with Gasteiger partial charge in [-0.15, -0.1) is 0 Å². The number of hydrogen-bond donors (Lipinski definition) is 2. The molecule has 4 nitrogen and oxygen atoms in total. The Hall–Kier alpha value is -2.01. The minimum atomic E-state index is -5.04. The number of amides is 1. The molecule has 0 radical (unpaired) electrons. The first-order chi connectivity index (χ1) is 17.8. The van der Waals surface area contributed by atoms with Gasteiger partial charge >= 0.3 is 12.4 Å². The van der Waals surface area contributed by atoms with E-state index in [0.717, 1.165) is 38.0 Å². The van der Waals surface area contributed by atoms with Crippen LogP contribution >= 0.6 is 23.2 Å². The maximum Gasteiger partial charge on any atom is 0.416 e. The van der Waals surface area contributed by atoms with Crippen molar-refractivity contribution < 1.29 is 31.1 Å². The molecule has 0 aliphatic carbocycles. The quantitative estimate of drug-likeness (QED) is 0.233. The van der Waals surface area contributed by atoms with Crippen LogP contribution in [0.5, 0.6) is 0 Å². The van der Waals surface area contributed by atoms with Crippen LogP contribution in [-0.2, 0) is 12.4 Å². The van der Waals surface area contributed by atoms with Crippen molar-refractivity contribution in [3.05, 3.63) is 68.7 Å². The highest BCUT2D eigenvalue weighted by Crippen LogP contribution is 2.36. The highest BCUT2D eigenvalue weighted by Gasteiger charge is 2.37. The van der Waals surface area contributed by atoms with Crippen LogP contribution in [0.15, 0.2) is 36.4 Å². The van der Waals surface area contributed by atoms with E-state index in [1.54, 1.807) is 18.2 Å². The van der Waals surface area contributed by atoms with E-state index >= 15 is 0 Å². The summed E-state index contributed by atoms with van der Waals surface area (Å²) in [5, 5.41) is 6.55. The van der Waals surface area contributed by atoms with E-state index in [-0.39, 0.29) is 18.5 Å². The van der Waals surface area contributed by atoms with Gasteiger partial charge in [0, 0.05) is 30.6 Å². The molecule has 210 valence electrons. The van der Waals surface area contributed by atoms with Crippen LogP contribution in [0.4, 0.5) is 26.3 Å².